The summed E-state index contributed by atoms with van der Waals surface area (Å²) in [5.41, 5.74) is 0. The van der Waals surface area contributed by atoms with Crippen molar-refractivity contribution in [1.82, 2.24) is 0 Å². The van der Waals surface area contributed by atoms with E-state index in [1.165, 1.54) is 32.1 Å². The Morgan fingerprint density at radius 1 is 1.25 bits per heavy atom. The molecular weight excluding hydrogens is 152 g/mol. The smallest absolute Gasteiger partial charge is 0.242 e. The van der Waals surface area contributed by atoms with Crippen LogP contribution in [0.4, 0.5) is 0 Å². The van der Waals surface area contributed by atoms with E-state index in [1.807, 2.05) is 6.92 Å². The van der Waals surface area contributed by atoms with Gasteiger partial charge in [-0.05, 0) is 19.8 Å². The summed E-state index contributed by atoms with van der Waals surface area (Å²) in [4.78, 5) is 0. The number of ether oxygens (including phenoxy) is 2. The van der Waals surface area contributed by atoms with E-state index >= 15 is 0 Å². The highest BCUT2D eigenvalue weighted by atomic mass is 16.7. The van der Waals surface area contributed by atoms with E-state index in [0.717, 1.165) is 5.76 Å². The molecule has 0 aromatic heterocycles. The SMILES string of the molecule is CC1=COC(C2CCCCC2)O1. The van der Waals surface area contributed by atoms with Gasteiger partial charge in [0.2, 0.25) is 6.29 Å². The number of rotatable bonds is 1. The number of hydrogen-bond acceptors (Lipinski definition) is 2. The third kappa shape index (κ3) is 1.57. The van der Waals surface area contributed by atoms with Crippen LogP contribution in [0, 0.1) is 5.92 Å². The Kier molecular flexibility index (Phi) is 2.24. The molecule has 0 aromatic rings. The molecule has 0 saturated heterocycles. The fraction of sp³-hybridized carbons (Fsp3) is 0.800. The van der Waals surface area contributed by atoms with E-state index in [4.69, 9.17) is 9.47 Å². The van der Waals surface area contributed by atoms with Gasteiger partial charge in [-0.15, -0.1) is 0 Å². The molecule has 2 nitrogen and oxygen atoms in total. The molecule has 1 aliphatic heterocycles. The zero-order chi connectivity index (χ0) is 8.39. The Morgan fingerprint density at radius 2 is 2.00 bits per heavy atom. The lowest BCUT2D eigenvalue weighted by Gasteiger charge is -2.25. The summed E-state index contributed by atoms with van der Waals surface area (Å²) in [7, 11) is 0. The van der Waals surface area contributed by atoms with Crippen LogP contribution in [0.15, 0.2) is 12.0 Å². The predicted molar refractivity (Wildman–Crippen MR) is 46.3 cm³/mol. The zero-order valence-corrected chi connectivity index (χ0v) is 7.58. The average molecular weight is 168 g/mol. The average Bonchev–Trinajstić information content (AvgIpc) is 2.54. The Hall–Kier alpha value is -0.660. The van der Waals surface area contributed by atoms with Crippen molar-refractivity contribution in [3.63, 3.8) is 0 Å². The molecule has 1 heterocycles. The largest absolute Gasteiger partial charge is 0.459 e. The highest BCUT2D eigenvalue weighted by molar-refractivity contribution is 4.89. The van der Waals surface area contributed by atoms with Gasteiger partial charge in [-0.2, -0.15) is 0 Å². The van der Waals surface area contributed by atoms with Crippen molar-refractivity contribution in [2.45, 2.75) is 45.3 Å². The predicted octanol–water partition coefficient (Wildman–Crippen LogP) is 2.80. The maximum Gasteiger partial charge on any atom is 0.242 e. The van der Waals surface area contributed by atoms with Crippen LogP contribution in [0.3, 0.4) is 0 Å². The van der Waals surface area contributed by atoms with Gasteiger partial charge in [0, 0.05) is 5.92 Å². The van der Waals surface area contributed by atoms with Crippen molar-refractivity contribution >= 4 is 0 Å². The second-order valence-corrected chi connectivity index (χ2v) is 3.75. The summed E-state index contributed by atoms with van der Waals surface area (Å²) < 4.78 is 11.0. The van der Waals surface area contributed by atoms with Gasteiger partial charge in [0.05, 0.1) is 0 Å². The number of hydrogen-bond donors (Lipinski definition) is 0. The van der Waals surface area contributed by atoms with Gasteiger partial charge < -0.3 is 9.47 Å². The fourth-order valence-corrected chi connectivity index (χ4v) is 2.02. The second kappa shape index (κ2) is 3.38. The van der Waals surface area contributed by atoms with Gasteiger partial charge in [0.1, 0.15) is 12.0 Å². The molecule has 68 valence electrons. The second-order valence-electron chi connectivity index (χ2n) is 3.75. The highest BCUT2D eigenvalue weighted by Crippen LogP contribution is 2.31. The van der Waals surface area contributed by atoms with Crippen LogP contribution in [-0.2, 0) is 9.47 Å². The third-order valence-corrected chi connectivity index (χ3v) is 2.70. The van der Waals surface area contributed by atoms with E-state index < -0.39 is 0 Å². The molecule has 0 bridgehead atoms. The highest BCUT2D eigenvalue weighted by Gasteiger charge is 2.28. The van der Waals surface area contributed by atoms with Crippen LogP contribution >= 0.6 is 0 Å². The molecule has 0 N–H and O–H groups in total. The first-order valence-electron chi connectivity index (χ1n) is 4.85. The van der Waals surface area contributed by atoms with Gasteiger partial charge in [0.25, 0.3) is 0 Å². The van der Waals surface area contributed by atoms with Gasteiger partial charge in [-0.1, -0.05) is 19.3 Å². The van der Waals surface area contributed by atoms with Crippen LogP contribution in [0.1, 0.15) is 39.0 Å². The summed E-state index contributed by atoms with van der Waals surface area (Å²) >= 11 is 0. The van der Waals surface area contributed by atoms with E-state index in [1.54, 1.807) is 6.26 Å². The van der Waals surface area contributed by atoms with Crippen LogP contribution in [0.25, 0.3) is 0 Å². The molecule has 1 fully saturated rings. The lowest BCUT2D eigenvalue weighted by atomic mass is 9.89. The first-order valence-corrected chi connectivity index (χ1v) is 4.85. The molecule has 0 amide bonds. The Labute approximate surface area is 73.5 Å². The summed E-state index contributed by atoms with van der Waals surface area (Å²) in [6.45, 7) is 1.95. The molecule has 12 heavy (non-hydrogen) atoms. The van der Waals surface area contributed by atoms with Crippen molar-refractivity contribution in [3.05, 3.63) is 12.0 Å². The quantitative estimate of drug-likeness (QED) is 0.599. The molecule has 1 atom stereocenters. The van der Waals surface area contributed by atoms with Crippen LogP contribution < -0.4 is 0 Å². The van der Waals surface area contributed by atoms with Crippen molar-refractivity contribution < 1.29 is 9.47 Å². The van der Waals surface area contributed by atoms with E-state index in [-0.39, 0.29) is 6.29 Å². The molecule has 1 unspecified atom stereocenters. The molecule has 0 aromatic carbocycles. The van der Waals surface area contributed by atoms with E-state index in [0.29, 0.717) is 5.92 Å². The molecule has 0 spiro atoms. The summed E-state index contributed by atoms with van der Waals surface area (Å²) in [5, 5.41) is 0. The van der Waals surface area contributed by atoms with Crippen molar-refractivity contribution in [3.8, 4) is 0 Å². The Balaban J connectivity index is 1.85. The molecule has 1 aliphatic carbocycles. The summed E-state index contributed by atoms with van der Waals surface area (Å²) in [5.74, 6) is 1.55. The first-order chi connectivity index (χ1) is 5.86. The molecule has 2 aliphatic rings. The minimum atomic E-state index is 0.0327. The fourth-order valence-electron chi connectivity index (χ4n) is 2.02. The summed E-state index contributed by atoms with van der Waals surface area (Å²) in [6, 6.07) is 0. The third-order valence-electron chi connectivity index (χ3n) is 2.70. The lowest BCUT2D eigenvalue weighted by Crippen LogP contribution is -2.23. The van der Waals surface area contributed by atoms with Crippen molar-refractivity contribution in [2.24, 2.45) is 5.92 Å². The Bertz CT molecular complexity index is 180. The van der Waals surface area contributed by atoms with Crippen molar-refractivity contribution in [2.75, 3.05) is 0 Å². The molecule has 0 radical (unpaired) electrons. The van der Waals surface area contributed by atoms with Crippen LogP contribution in [0.2, 0.25) is 0 Å². The normalized spacial score (nSPS) is 30.8. The standard InChI is InChI=1S/C10H16O2/c1-8-7-11-10(12-8)9-5-3-2-4-6-9/h7,9-10H,2-6H2,1H3. The van der Waals surface area contributed by atoms with E-state index in [9.17, 15) is 0 Å². The molecule has 1 saturated carbocycles. The first kappa shape index (κ1) is 7.96. The maximum atomic E-state index is 5.54. The lowest BCUT2D eigenvalue weighted by molar-refractivity contribution is -0.0829. The number of allylic oxidation sites excluding steroid dienone is 1. The maximum absolute atomic E-state index is 5.54. The molecule has 2 rings (SSSR count). The topological polar surface area (TPSA) is 18.5 Å². The van der Waals surface area contributed by atoms with Gasteiger partial charge in [-0.25, -0.2) is 0 Å². The minimum absolute atomic E-state index is 0.0327. The zero-order valence-electron chi connectivity index (χ0n) is 7.58. The molecule has 2 heteroatoms. The summed E-state index contributed by atoms with van der Waals surface area (Å²) in [6.07, 6.45) is 8.37. The monoisotopic (exact) mass is 168 g/mol. The van der Waals surface area contributed by atoms with Gasteiger partial charge in [-0.3, -0.25) is 0 Å². The molecular formula is C10H16O2. The van der Waals surface area contributed by atoms with Gasteiger partial charge >= 0.3 is 0 Å². The minimum Gasteiger partial charge on any atom is -0.459 e. The van der Waals surface area contributed by atoms with Gasteiger partial charge in [0.15, 0.2) is 0 Å². The van der Waals surface area contributed by atoms with E-state index in [2.05, 4.69) is 0 Å². The van der Waals surface area contributed by atoms with Crippen molar-refractivity contribution in [1.29, 1.82) is 0 Å². The van der Waals surface area contributed by atoms with Crippen LogP contribution in [-0.4, -0.2) is 6.29 Å². The van der Waals surface area contributed by atoms with Crippen LogP contribution in [0.5, 0.6) is 0 Å². The Morgan fingerprint density at radius 3 is 2.58 bits per heavy atom.